The fraction of sp³-hybridized carbons (Fsp3) is 0.0182. The third kappa shape index (κ3) is 4.68. The Kier molecular flexibility index (Phi) is 7.14. The molecule has 12 rings (SSSR count). The van der Waals surface area contributed by atoms with Gasteiger partial charge < -0.3 is 0 Å². The van der Waals surface area contributed by atoms with Crippen LogP contribution < -0.4 is 0 Å². The van der Waals surface area contributed by atoms with Gasteiger partial charge in [0.25, 0.3) is 0 Å². The van der Waals surface area contributed by atoms with Crippen LogP contribution in [0.2, 0.25) is 0 Å². The molecular formula is C55H35N3. The molecule has 1 aliphatic carbocycles. The van der Waals surface area contributed by atoms with Gasteiger partial charge in [-0.25, -0.2) is 9.97 Å². The van der Waals surface area contributed by atoms with Gasteiger partial charge >= 0.3 is 0 Å². The first kappa shape index (κ1) is 32.6. The van der Waals surface area contributed by atoms with Crippen molar-refractivity contribution < 1.29 is 0 Å². The zero-order chi connectivity index (χ0) is 38.2. The topological polar surface area (TPSA) is 30.7 Å². The highest BCUT2D eigenvalue weighted by Crippen LogP contribution is 2.62. The van der Waals surface area contributed by atoms with Gasteiger partial charge in [0.05, 0.1) is 33.5 Å². The third-order valence-electron chi connectivity index (χ3n) is 12.2. The molecule has 0 amide bonds. The maximum atomic E-state index is 5.33. The van der Waals surface area contributed by atoms with E-state index in [1.165, 1.54) is 44.5 Å². The molecule has 0 radical (unpaired) electrons. The van der Waals surface area contributed by atoms with Crippen molar-refractivity contribution >= 4 is 11.0 Å². The maximum absolute atomic E-state index is 5.33. The molecule has 1 aliphatic heterocycles. The fourth-order valence-corrected chi connectivity index (χ4v) is 9.80. The lowest BCUT2D eigenvalue weighted by atomic mass is 9.65. The van der Waals surface area contributed by atoms with Gasteiger partial charge in [-0.3, -0.25) is 4.57 Å². The summed E-state index contributed by atoms with van der Waals surface area (Å²) in [5.41, 5.74) is 20.3. The standard InChI is InChI=1S/C55H35N3/c1-4-17-36(18-5-1)41-34-49(37-19-6-2-7-20-37)56-50(35-41)40-24-14-23-39(33-40)42-26-15-29-46-52(42)43-25-10-11-27-44(43)55(46)45-28-12-13-32-51(45)58-53-47(55)30-16-31-48(53)57-54(58)38-21-8-3-9-22-38/h1-35H. The molecular weight excluding hydrogens is 703 g/mol. The molecule has 3 heteroatoms. The monoisotopic (exact) mass is 737 g/mol. The number of nitrogens with zero attached hydrogens (tertiary/aromatic N) is 3. The Hall–Kier alpha value is -7.62. The molecule has 3 heterocycles. The first-order valence-electron chi connectivity index (χ1n) is 19.9. The van der Waals surface area contributed by atoms with Crippen LogP contribution in [0, 0.1) is 0 Å². The van der Waals surface area contributed by atoms with Gasteiger partial charge in [0.2, 0.25) is 0 Å². The lowest BCUT2D eigenvalue weighted by Gasteiger charge is -2.39. The minimum atomic E-state index is -0.546. The fourth-order valence-electron chi connectivity index (χ4n) is 9.80. The molecule has 1 spiro atoms. The van der Waals surface area contributed by atoms with E-state index >= 15 is 0 Å². The van der Waals surface area contributed by atoms with Crippen molar-refractivity contribution in [2.75, 3.05) is 0 Å². The minimum absolute atomic E-state index is 0.546. The molecule has 0 N–H and O–H groups in total. The lowest BCUT2D eigenvalue weighted by molar-refractivity contribution is 0.746. The predicted octanol–water partition coefficient (Wildman–Crippen LogP) is 13.4. The van der Waals surface area contributed by atoms with Gasteiger partial charge in [-0.1, -0.05) is 182 Å². The van der Waals surface area contributed by atoms with Gasteiger partial charge in [0.15, 0.2) is 0 Å². The summed E-state index contributed by atoms with van der Waals surface area (Å²) in [5.74, 6) is 0.961. The Labute approximate surface area is 337 Å². The van der Waals surface area contributed by atoms with Crippen molar-refractivity contribution in [2.24, 2.45) is 0 Å². The number of rotatable bonds is 5. The van der Waals surface area contributed by atoms with Crippen molar-refractivity contribution in [1.82, 2.24) is 14.5 Å². The first-order valence-corrected chi connectivity index (χ1v) is 19.9. The Morgan fingerprint density at radius 2 is 0.897 bits per heavy atom. The van der Waals surface area contributed by atoms with Gasteiger partial charge in [0.1, 0.15) is 5.82 Å². The number of aromatic nitrogens is 3. The zero-order valence-electron chi connectivity index (χ0n) is 31.5. The van der Waals surface area contributed by atoms with E-state index in [-0.39, 0.29) is 0 Å². The van der Waals surface area contributed by atoms with Crippen molar-refractivity contribution in [2.45, 2.75) is 5.41 Å². The van der Waals surface area contributed by atoms with Crippen LogP contribution in [0.4, 0.5) is 0 Å². The second-order valence-corrected chi connectivity index (χ2v) is 15.3. The van der Waals surface area contributed by atoms with E-state index in [0.717, 1.165) is 61.8 Å². The quantitative estimate of drug-likeness (QED) is 0.176. The average molecular weight is 738 g/mol. The molecule has 8 aromatic carbocycles. The number of para-hydroxylation sites is 2. The maximum Gasteiger partial charge on any atom is 0.145 e. The molecule has 0 bridgehead atoms. The number of imidazole rings is 1. The molecule has 1 atom stereocenters. The number of pyridine rings is 1. The Morgan fingerprint density at radius 3 is 1.69 bits per heavy atom. The molecule has 0 saturated heterocycles. The van der Waals surface area contributed by atoms with E-state index in [1.807, 2.05) is 0 Å². The highest BCUT2D eigenvalue weighted by atomic mass is 15.1. The van der Waals surface area contributed by atoms with E-state index in [1.54, 1.807) is 0 Å². The Bertz CT molecular complexity index is 3160. The van der Waals surface area contributed by atoms with Crippen LogP contribution in [0.3, 0.4) is 0 Å². The molecule has 0 fully saturated rings. The van der Waals surface area contributed by atoms with Crippen molar-refractivity contribution in [1.29, 1.82) is 0 Å². The molecule has 10 aromatic rings. The summed E-state index contributed by atoms with van der Waals surface area (Å²) in [6.45, 7) is 0. The smallest absolute Gasteiger partial charge is 0.145 e. The predicted molar refractivity (Wildman–Crippen MR) is 237 cm³/mol. The number of fused-ring (bicyclic) bond motifs is 9. The third-order valence-corrected chi connectivity index (χ3v) is 12.2. The highest BCUT2D eigenvalue weighted by Gasteiger charge is 2.51. The van der Waals surface area contributed by atoms with Gasteiger partial charge in [-0.2, -0.15) is 0 Å². The van der Waals surface area contributed by atoms with Crippen LogP contribution in [-0.4, -0.2) is 14.5 Å². The average Bonchev–Trinajstić information content (AvgIpc) is 3.84. The van der Waals surface area contributed by atoms with Gasteiger partial charge in [0, 0.05) is 16.7 Å². The van der Waals surface area contributed by atoms with Crippen LogP contribution in [0.25, 0.3) is 84.0 Å². The molecule has 0 saturated carbocycles. The van der Waals surface area contributed by atoms with Crippen LogP contribution in [0.1, 0.15) is 22.3 Å². The van der Waals surface area contributed by atoms with Crippen LogP contribution in [-0.2, 0) is 5.41 Å². The summed E-state index contributed by atoms with van der Waals surface area (Å²) in [6.07, 6.45) is 0. The second-order valence-electron chi connectivity index (χ2n) is 15.3. The number of hydrogen-bond donors (Lipinski definition) is 0. The number of benzene rings is 8. The second kappa shape index (κ2) is 12.7. The van der Waals surface area contributed by atoms with E-state index in [2.05, 4.69) is 217 Å². The van der Waals surface area contributed by atoms with Gasteiger partial charge in [-0.05, 0) is 86.0 Å². The Morgan fingerprint density at radius 1 is 0.345 bits per heavy atom. The summed E-state index contributed by atoms with van der Waals surface area (Å²) < 4.78 is 2.40. The van der Waals surface area contributed by atoms with Crippen LogP contribution >= 0.6 is 0 Å². The summed E-state index contributed by atoms with van der Waals surface area (Å²) in [4.78, 5) is 10.6. The molecule has 3 nitrogen and oxygen atoms in total. The number of hydrogen-bond acceptors (Lipinski definition) is 2. The summed E-state index contributed by atoms with van der Waals surface area (Å²) in [7, 11) is 0. The zero-order valence-corrected chi connectivity index (χ0v) is 31.5. The molecule has 1 unspecified atom stereocenters. The SMILES string of the molecule is c1ccc(-c2cc(-c3ccccc3)nc(-c3cccc(-c4cccc5c4-c4ccccc4C54c5ccccc5-n5c(-c6ccccc6)nc6cccc4c65)c3)c2)cc1. The molecule has 270 valence electrons. The lowest BCUT2D eigenvalue weighted by Crippen LogP contribution is -2.33. The largest absolute Gasteiger partial charge is 0.292 e. The van der Waals surface area contributed by atoms with Crippen molar-refractivity contribution in [3.8, 4) is 73.0 Å². The Balaban J connectivity index is 1.09. The van der Waals surface area contributed by atoms with E-state index < -0.39 is 5.41 Å². The van der Waals surface area contributed by atoms with Crippen LogP contribution in [0.5, 0.6) is 0 Å². The van der Waals surface area contributed by atoms with Crippen LogP contribution in [0.15, 0.2) is 212 Å². The van der Waals surface area contributed by atoms with E-state index in [0.29, 0.717) is 0 Å². The summed E-state index contributed by atoms with van der Waals surface area (Å²) >= 11 is 0. The molecule has 2 aliphatic rings. The molecule has 2 aromatic heterocycles. The minimum Gasteiger partial charge on any atom is -0.292 e. The highest BCUT2D eigenvalue weighted by molar-refractivity contribution is 6.01. The summed E-state index contributed by atoms with van der Waals surface area (Å²) in [5, 5.41) is 0. The normalized spacial score (nSPS) is 14.6. The van der Waals surface area contributed by atoms with Gasteiger partial charge in [-0.15, -0.1) is 0 Å². The summed E-state index contributed by atoms with van der Waals surface area (Å²) in [6, 6.07) is 76.6. The van der Waals surface area contributed by atoms with Crippen molar-refractivity contribution in [3.63, 3.8) is 0 Å². The van der Waals surface area contributed by atoms with E-state index in [9.17, 15) is 0 Å². The molecule has 58 heavy (non-hydrogen) atoms. The first-order chi connectivity index (χ1) is 28.8. The van der Waals surface area contributed by atoms with Crippen molar-refractivity contribution in [3.05, 3.63) is 235 Å². The van der Waals surface area contributed by atoms with E-state index in [4.69, 9.17) is 9.97 Å².